The van der Waals surface area contributed by atoms with Gasteiger partial charge in [-0.25, -0.2) is 0 Å². The number of aromatic nitrogens is 1. The van der Waals surface area contributed by atoms with Gasteiger partial charge in [0.2, 0.25) is 0 Å². The molecule has 118 valence electrons. The Balaban J connectivity index is 2.09. The fourth-order valence-electron chi connectivity index (χ4n) is 2.96. The summed E-state index contributed by atoms with van der Waals surface area (Å²) in [6, 6.07) is 12.4. The Bertz CT molecular complexity index is 852. The van der Waals surface area contributed by atoms with Crippen LogP contribution in [0.3, 0.4) is 0 Å². The highest BCUT2D eigenvalue weighted by Gasteiger charge is 2.10. The van der Waals surface area contributed by atoms with Gasteiger partial charge in [-0.3, -0.25) is 4.99 Å². The summed E-state index contributed by atoms with van der Waals surface area (Å²) in [5, 5.41) is 11.2. The number of rotatable bonds is 4. The van der Waals surface area contributed by atoms with Crippen LogP contribution in [0.4, 0.5) is 5.69 Å². The number of aliphatic imine (C=N–C) groups is 1. The molecule has 0 unspecified atom stereocenters. The molecule has 0 fully saturated rings. The van der Waals surface area contributed by atoms with Crippen molar-refractivity contribution in [1.29, 1.82) is 0 Å². The highest BCUT2D eigenvalue weighted by Crippen LogP contribution is 2.29. The minimum Gasteiger partial charge on any atom is -0.494 e. The molecule has 0 spiro atoms. The van der Waals surface area contributed by atoms with Crippen LogP contribution in [-0.4, -0.2) is 16.3 Å². The number of nitrogens with one attached hydrogen (secondary N) is 1. The van der Waals surface area contributed by atoms with Crippen LogP contribution in [0.2, 0.25) is 0 Å². The molecule has 0 saturated heterocycles. The van der Waals surface area contributed by atoms with E-state index in [9.17, 15) is 5.11 Å². The van der Waals surface area contributed by atoms with Crippen molar-refractivity contribution < 1.29 is 5.11 Å². The second-order valence-electron chi connectivity index (χ2n) is 5.83. The number of H-pyrrole nitrogens is 1. The molecule has 3 heteroatoms. The SMILES string of the molecule is CCc1cccc(CC)c1N=Cc1c(O)[nH]c2cc(C)ccc12. The predicted molar refractivity (Wildman–Crippen MR) is 97.2 cm³/mol. The number of hydrogen-bond acceptors (Lipinski definition) is 2. The smallest absolute Gasteiger partial charge is 0.198 e. The average Bonchev–Trinajstić information content (AvgIpc) is 2.86. The molecule has 0 aliphatic heterocycles. The van der Waals surface area contributed by atoms with Crippen molar-refractivity contribution in [2.45, 2.75) is 33.6 Å². The van der Waals surface area contributed by atoms with Crippen molar-refractivity contribution in [2.24, 2.45) is 4.99 Å². The first-order chi connectivity index (χ1) is 11.1. The number of para-hydroxylation sites is 1. The molecule has 0 saturated carbocycles. The zero-order chi connectivity index (χ0) is 16.4. The third kappa shape index (κ3) is 2.87. The summed E-state index contributed by atoms with van der Waals surface area (Å²) in [5.74, 6) is 0.168. The van der Waals surface area contributed by atoms with Gasteiger partial charge in [0.1, 0.15) is 0 Å². The quantitative estimate of drug-likeness (QED) is 0.650. The molecular weight excluding hydrogens is 284 g/mol. The van der Waals surface area contributed by atoms with Gasteiger partial charge in [0.15, 0.2) is 5.88 Å². The molecule has 3 rings (SSSR count). The Hall–Kier alpha value is -2.55. The lowest BCUT2D eigenvalue weighted by Gasteiger charge is -2.08. The van der Waals surface area contributed by atoms with Crippen LogP contribution in [0.5, 0.6) is 5.88 Å². The topological polar surface area (TPSA) is 48.4 Å². The van der Waals surface area contributed by atoms with E-state index in [0.29, 0.717) is 0 Å². The molecule has 0 atom stereocenters. The van der Waals surface area contributed by atoms with E-state index in [-0.39, 0.29) is 5.88 Å². The van der Waals surface area contributed by atoms with Gasteiger partial charge in [0, 0.05) is 17.1 Å². The van der Waals surface area contributed by atoms with Crippen LogP contribution in [0.15, 0.2) is 41.4 Å². The Morgan fingerprint density at radius 2 is 1.78 bits per heavy atom. The number of aromatic hydroxyl groups is 1. The lowest BCUT2D eigenvalue weighted by Crippen LogP contribution is -1.89. The second kappa shape index (κ2) is 6.29. The maximum Gasteiger partial charge on any atom is 0.198 e. The zero-order valence-electron chi connectivity index (χ0n) is 13.9. The van der Waals surface area contributed by atoms with E-state index < -0.39 is 0 Å². The lowest BCUT2D eigenvalue weighted by molar-refractivity contribution is 0.457. The molecule has 1 aromatic heterocycles. The molecule has 1 heterocycles. The zero-order valence-corrected chi connectivity index (χ0v) is 13.9. The molecular formula is C20H22N2O. The van der Waals surface area contributed by atoms with Gasteiger partial charge in [-0.1, -0.05) is 44.2 Å². The van der Waals surface area contributed by atoms with Gasteiger partial charge in [0.25, 0.3) is 0 Å². The van der Waals surface area contributed by atoms with Gasteiger partial charge >= 0.3 is 0 Å². The van der Waals surface area contributed by atoms with Crippen molar-refractivity contribution in [3.63, 3.8) is 0 Å². The van der Waals surface area contributed by atoms with E-state index in [1.54, 1.807) is 6.21 Å². The molecule has 2 N–H and O–H groups in total. The third-order valence-corrected chi connectivity index (χ3v) is 4.26. The summed E-state index contributed by atoms with van der Waals surface area (Å²) in [6.45, 7) is 6.32. The largest absolute Gasteiger partial charge is 0.494 e. The Morgan fingerprint density at radius 1 is 1.09 bits per heavy atom. The molecule has 3 nitrogen and oxygen atoms in total. The maximum atomic E-state index is 10.2. The van der Waals surface area contributed by atoms with Gasteiger partial charge in [0.05, 0.1) is 11.3 Å². The number of benzene rings is 2. The second-order valence-corrected chi connectivity index (χ2v) is 5.83. The fraction of sp³-hybridized carbons (Fsp3) is 0.250. The third-order valence-electron chi connectivity index (χ3n) is 4.26. The average molecular weight is 306 g/mol. The molecule has 2 aromatic carbocycles. The van der Waals surface area contributed by atoms with Crippen molar-refractivity contribution in [3.8, 4) is 5.88 Å². The van der Waals surface area contributed by atoms with Crippen molar-refractivity contribution in [1.82, 2.24) is 4.98 Å². The van der Waals surface area contributed by atoms with Gasteiger partial charge in [-0.2, -0.15) is 0 Å². The van der Waals surface area contributed by atoms with Crippen LogP contribution in [-0.2, 0) is 12.8 Å². The highest BCUT2D eigenvalue weighted by atomic mass is 16.3. The van der Waals surface area contributed by atoms with E-state index in [1.165, 1.54) is 11.1 Å². The maximum absolute atomic E-state index is 10.2. The molecule has 0 aliphatic rings. The van der Waals surface area contributed by atoms with E-state index >= 15 is 0 Å². The summed E-state index contributed by atoms with van der Waals surface area (Å²) in [4.78, 5) is 7.74. The number of nitrogens with zero attached hydrogens (tertiary/aromatic N) is 1. The van der Waals surface area contributed by atoms with Crippen LogP contribution >= 0.6 is 0 Å². The first kappa shape index (κ1) is 15.3. The van der Waals surface area contributed by atoms with Crippen LogP contribution < -0.4 is 0 Å². The van der Waals surface area contributed by atoms with Crippen LogP contribution in [0, 0.1) is 6.92 Å². The van der Waals surface area contributed by atoms with E-state index in [0.717, 1.165) is 40.6 Å². The fourth-order valence-corrected chi connectivity index (χ4v) is 2.96. The highest BCUT2D eigenvalue weighted by molar-refractivity contribution is 6.02. The summed E-state index contributed by atoms with van der Waals surface area (Å²) < 4.78 is 0. The molecule has 23 heavy (non-hydrogen) atoms. The van der Waals surface area contributed by atoms with E-state index in [4.69, 9.17) is 4.99 Å². The molecule has 0 bridgehead atoms. The number of aryl methyl sites for hydroxylation is 3. The Labute approximate surface area is 136 Å². The number of aromatic amines is 1. The van der Waals surface area contributed by atoms with Crippen LogP contribution in [0.25, 0.3) is 10.9 Å². The number of hydrogen-bond donors (Lipinski definition) is 2. The van der Waals surface area contributed by atoms with Crippen molar-refractivity contribution in [3.05, 3.63) is 58.7 Å². The minimum atomic E-state index is 0.168. The summed E-state index contributed by atoms with van der Waals surface area (Å²) in [5.41, 5.74) is 6.33. The monoisotopic (exact) mass is 306 g/mol. The first-order valence-electron chi connectivity index (χ1n) is 8.10. The van der Waals surface area contributed by atoms with Gasteiger partial charge < -0.3 is 10.1 Å². The number of fused-ring (bicyclic) bond motifs is 1. The summed E-state index contributed by atoms with van der Waals surface area (Å²) >= 11 is 0. The minimum absolute atomic E-state index is 0.168. The van der Waals surface area contributed by atoms with E-state index in [1.807, 2.05) is 25.1 Å². The standard InChI is InChI=1S/C20H22N2O/c1-4-14-7-6-8-15(5-2)19(14)21-12-17-16-10-9-13(3)11-18(16)22-20(17)23/h6-12,22-23H,4-5H2,1-3H3. The van der Waals surface area contributed by atoms with E-state index in [2.05, 4.69) is 37.0 Å². The Kier molecular flexibility index (Phi) is 4.20. The van der Waals surface area contributed by atoms with Gasteiger partial charge in [-0.05, 0) is 42.5 Å². The molecule has 0 amide bonds. The summed E-state index contributed by atoms with van der Waals surface area (Å²) in [7, 11) is 0. The van der Waals surface area contributed by atoms with Crippen molar-refractivity contribution >= 4 is 22.8 Å². The molecule has 3 aromatic rings. The molecule has 0 aliphatic carbocycles. The lowest BCUT2D eigenvalue weighted by atomic mass is 10.0. The van der Waals surface area contributed by atoms with Crippen molar-refractivity contribution in [2.75, 3.05) is 0 Å². The van der Waals surface area contributed by atoms with Gasteiger partial charge in [-0.15, -0.1) is 0 Å². The molecule has 0 radical (unpaired) electrons. The Morgan fingerprint density at radius 3 is 2.43 bits per heavy atom. The predicted octanol–water partition coefficient (Wildman–Crippen LogP) is 5.06. The first-order valence-corrected chi connectivity index (χ1v) is 8.10. The normalized spacial score (nSPS) is 11.6. The van der Waals surface area contributed by atoms with Crippen LogP contribution in [0.1, 0.15) is 36.1 Å². The summed E-state index contributed by atoms with van der Waals surface area (Å²) in [6.07, 6.45) is 3.66.